The molecule has 1 atom stereocenters. The van der Waals surface area contributed by atoms with Crippen LogP contribution in [0.3, 0.4) is 0 Å². The summed E-state index contributed by atoms with van der Waals surface area (Å²) in [7, 11) is 0. The van der Waals surface area contributed by atoms with Crippen molar-refractivity contribution in [3.05, 3.63) is 33.8 Å². The van der Waals surface area contributed by atoms with Crippen LogP contribution < -0.4 is 5.32 Å². The summed E-state index contributed by atoms with van der Waals surface area (Å²) in [4.78, 5) is 0. The minimum atomic E-state index is -0.00456. The van der Waals surface area contributed by atoms with Gasteiger partial charge in [0.05, 0.1) is 23.3 Å². The van der Waals surface area contributed by atoms with Crippen LogP contribution in [0.15, 0.2) is 18.2 Å². The van der Waals surface area contributed by atoms with E-state index in [4.69, 9.17) is 27.9 Å². The van der Waals surface area contributed by atoms with Crippen molar-refractivity contribution in [2.75, 3.05) is 19.8 Å². The highest BCUT2D eigenvalue weighted by Crippen LogP contribution is 2.25. The molecule has 2 nitrogen and oxygen atoms in total. The molecule has 1 N–H and O–H groups in total. The summed E-state index contributed by atoms with van der Waals surface area (Å²) in [6.07, 6.45) is 0.893. The summed E-state index contributed by atoms with van der Waals surface area (Å²) in [5.74, 6) is 0. The Balaban J connectivity index is 2.10. The summed E-state index contributed by atoms with van der Waals surface area (Å²) in [5, 5.41) is 4.69. The van der Waals surface area contributed by atoms with Crippen molar-refractivity contribution in [2.45, 2.75) is 18.9 Å². The summed E-state index contributed by atoms with van der Waals surface area (Å²) >= 11 is 11.9. The van der Waals surface area contributed by atoms with E-state index in [-0.39, 0.29) is 5.54 Å². The maximum absolute atomic E-state index is 5.99. The van der Waals surface area contributed by atoms with Gasteiger partial charge in [-0.2, -0.15) is 0 Å². The van der Waals surface area contributed by atoms with Crippen molar-refractivity contribution in [3.63, 3.8) is 0 Å². The maximum Gasteiger partial charge on any atom is 0.0649 e. The van der Waals surface area contributed by atoms with E-state index in [0.717, 1.165) is 26.2 Å². The van der Waals surface area contributed by atoms with Gasteiger partial charge in [0.25, 0.3) is 0 Å². The van der Waals surface area contributed by atoms with Crippen LogP contribution in [0.4, 0.5) is 0 Å². The molecule has 0 amide bonds. The minimum Gasteiger partial charge on any atom is -0.378 e. The van der Waals surface area contributed by atoms with E-state index in [1.54, 1.807) is 0 Å². The van der Waals surface area contributed by atoms with Crippen LogP contribution in [-0.4, -0.2) is 25.3 Å². The van der Waals surface area contributed by atoms with E-state index in [1.807, 2.05) is 18.2 Å². The third-order valence-corrected chi connectivity index (χ3v) is 3.54. The molecule has 88 valence electrons. The fourth-order valence-corrected chi connectivity index (χ4v) is 2.31. The number of rotatable bonds is 2. The second kappa shape index (κ2) is 4.92. The number of nitrogens with one attached hydrogen (secondary N) is 1. The molecule has 0 bridgehead atoms. The summed E-state index contributed by atoms with van der Waals surface area (Å²) < 4.78 is 5.49. The van der Waals surface area contributed by atoms with Crippen LogP contribution in [0.25, 0.3) is 0 Å². The molecule has 0 spiro atoms. The first-order chi connectivity index (χ1) is 7.59. The van der Waals surface area contributed by atoms with Crippen LogP contribution in [-0.2, 0) is 11.2 Å². The van der Waals surface area contributed by atoms with Gasteiger partial charge in [-0.25, -0.2) is 0 Å². The standard InChI is InChI=1S/C12H15Cl2NO/c1-12(8-16-5-4-15-12)7-9-2-3-10(13)11(14)6-9/h2-3,6,15H,4-5,7-8H2,1H3. The van der Waals surface area contributed by atoms with Gasteiger partial charge in [-0.05, 0) is 31.0 Å². The summed E-state index contributed by atoms with van der Waals surface area (Å²) in [6.45, 7) is 4.58. The SMILES string of the molecule is CC1(Cc2ccc(Cl)c(Cl)c2)COCCN1. The lowest BCUT2D eigenvalue weighted by atomic mass is 9.93. The van der Waals surface area contributed by atoms with Gasteiger partial charge in [-0.15, -0.1) is 0 Å². The Kier molecular flexibility index (Phi) is 3.75. The molecule has 2 rings (SSSR count). The Morgan fingerprint density at radius 1 is 1.38 bits per heavy atom. The molecular formula is C12H15Cl2NO. The molecule has 0 radical (unpaired) electrons. The summed E-state index contributed by atoms with van der Waals surface area (Å²) in [6, 6.07) is 5.77. The Hall–Kier alpha value is -0.280. The molecule has 1 aliphatic rings. The van der Waals surface area contributed by atoms with Crippen LogP contribution in [0.2, 0.25) is 10.0 Å². The van der Waals surface area contributed by atoms with Crippen molar-refractivity contribution in [2.24, 2.45) is 0 Å². The van der Waals surface area contributed by atoms with Crippen LogP contribution in [0.5, 0.6) is 0 Å². The largest absolute Gasteiger partial charge is 0.378 e. The minimum absolute atomic E-state index is 0.00456. The number of hydrogen-bond donors (Lipinski definition) is 1. The number of morpholine rings is 1. The zero-order valence-electron chi connectivity index (χ0n) is 9.22. The molecule has 1 fully saturated rings. The van der Waals surface area contributed by atoms with Crippen molar-refractivity contribution in [1.82, 2.24) is 5.32 Å². The van der Waals surface area contributed by atoms with Crippen molar-refractivity contribution < 1.29 is 4.74 Å². The van der Waals surface area contributed by atoms with E-state index in [9.17, 15) is 0 Å². The highest BCUT2D eigenvalue weighted by atomic mass is 35.5. The normalized spacial score (nSPS) is 25.7. The molecule has 1 unspecified atom stereocenters. The molecule has 16 heavy (non-hydrogen) atoms. The third-order valence-electron chi connectivity index (χ3n) is 2.80. The number of hydrogen-bond acceptors (Lipinski definition) is 2. The van der Waals surface area contributed by atoms with Gasteiger partial charge >= 0.3 is 0 Å². The number of benzene rings is 1. The third kappa shape index (κ3) is 2.89. The van der Waals surface area contributed by atoms with Gasteiger partial charge in [-0.3, -0.25) is 0 Å². The van der Waals surface area contributed by atoms with Gasteiger partial charge in [-0.1, -0.05) is 29.3 Å². The zero-order chi connectivity index (χ0) is 11.6. The fraction of sp³-hybridized carbons (Fsp3) is 0.500. The quantitative estimate of drug-likeness (QED) is 0.882. The molecule has 1 aromatic rings. The molecule has 1 saturated heterocycles. The molecule has 0 aromatic heterocycles. The maximum atomic E-state index is 5.99. The van der Waals surface area contributed by atoms with Gasteiger partial charge in [0, 0.05) is 12.1 Å². The van der Waals surface area contributed by atoms with E-state index < -0.39 is 0 Å². The Labute approximate surface area is 106 Å². The molecule has 4 heteroatoms. The smallest absolute Gasteiger partial charge is 0.0649 e. The Morgan fingerprint density at radius 2 is 2.19 bits per heavy atom. The first kappa shape index (κ1) is 12.2. The first-order valence-corrected chi connectivity index (χ1v) is 6.11. The predicted octanol–water partition coefficient (Wildman–Crippen LogP) is 2.91. The molecule has 1 aliphatic heterocycles. The first-order valence-electron chi connectivity index (χ1n) is 5.36. The van der Waals surface area contributed by atoms with Crippen molar-refractivity contribution >= 4 is 23.2 Å². The lowest BCUT2D eigenvalue weighted by Crippen LogP contribution is -2.53. The van der Waals surface area contributed by atoms with Crippen LogP contribution >= 0.6 is 23.2 Å². The highest BCUT2D eigenvalue weighted by molar-refractivity contribution is 6.42. The molecule has 0 saturated carbocycles. The lowest BCUT2D eigenvalue weighted by Gasteiger charge is -2.35. The lowest BCUT2D eigenvalue weighted by molar-refractivity contribution is 0.0356. The van der Waals surface area contributed by atoms with Gasteiger partial charge in [0.1, 0.15) is 0 Å². The van der Waals surface area contributed by atoms with E-state index in [0.29, 0.717) is 10.0 Å². The number of halogens is 2. The topological polar surface area (TPSA) is 21.3 Å². The Bertz CT molecular complexity index is 375. The highest BCUT2D eigenvalue weighted by Gasteiger charge is 2.27. The van der Waals surface area contributed by atoms with E-state index in [1.165, 1.54) is 5.56 Å². The van der Waals surface area contributed by atoms with Gasteiger partial charge in [0.15, 0.2) is 0 Å². The van der Waals surface area contributed by atoms with E-state index in [2.05, 4.69) is 12.2 Å². The second-order valence-corrected chi connectivity index (χ2v) is 5.28. The fourth-order valence-electron chi connectivity index (χ4n) is 1.99. The average molecular weight is 260 g/mol. The van der Waals surface area contributed by atoms with Crippen LogP contribution in [0.1, 0.15) is 12.5 Å². The zero-order valence-corrected chi connectivity index (χ0v) is 10.7. The van der Waals surface area contributed by atoms with Gasteiger partial charge in [0.2, 0.25) is 0 Å². The van der Waals surface area contributed by atoms with E-state index >= 15 is 0 Å². The number of ether oxygens (including phenoxy) is 1. The monoisotopic (exact) mass is 259 g/mol. The Morgan fingerprint density at radius 3 is 2.81 bits per heavy atom. The van der Waals surface area contributed by atoms with Crippen LogP contribution in [0, 0.1) is 0 Å². The summed E-state index contributed by atoms with van der Waals surface area (Å²) in [5.41, 5.74) is 1.17. The predicted molar refractivity (Wildman–Crippen MR) is 67.4 cm³/mol. The van der Waals surface area contributed by atoms with Crippen molar-refractivity contribution in [1.29, 1.82) is 0 Å². The van der Waals surface area contributed by atoms with Gasteiger partial charge < -0.3 is 10.1 Å². The van der Waals surface area contributed by atoms with Crippen molar-refractivity contribution in [3.8, 4) is 0 Å². The second-order valence-electron chi connectivity index (χ2n) is 4.47. The molecule has 1 heterocycles. The molecular weight excluding hydrogens is 245 g/mol. The molecule has 0 aliphatic carbocycles. The molecule has 1 aromatic carbocycles. The average Bonchev–Trinajstić information content (AvgIpc) is 2.24.